The maximum atomic E-state index is 11.8. The SMILES string of the molecule is CC(CNS(=O)(=O)CCCNC1CC1)C(C)(C)C. The molecule has 0 heterocycles. The Morgan fingerprint density at radius 3 is 2.39 bits per heavy atom. The molecular formula is C13H28N2O2S. The van der Waals surface area contributed by atoms with Gasteiger partial charge in [0.2, 0.25) is 10.0 Å². The molecule has 0 amide bonds. The van der Waals surface area contributed by atoms with Gasteiger partial charge in [-0.15, -0.1) is 0 Å². The van der Waals surface area contributed by atoms with Crippen LogP contribution in [0.1, 0.15) is 47.0 Å². The van der Waals surface area contributed by atoms with E-state index in [1.165, 1.54) is 12.8 Å². The highest BCUT2D eigenvalue weighted by Crippen LogP contribution is 2.24. The van der Waals surface area contributed by atoms with Crippen molar-refractivity contribution in [3.05, 3.63) is 0 Å². The zero-order valence-corrected chi connectivity index (χ0v) is 12.9. The fourth-order valence-corrected chi connectivity index (χ4v) is 2.66. The Labute approximate surface area is 112 Å². The molecule has 0 spiro atoms. The standard InChI is InChI=1S/C13H28N2O2S/c1-11(13(2,3)4)10-15-18(16,17)9-5-8-14-12-6-7-12/h11-12,14-15H,5-10H2,1-4H3. The van der Waals surface area contributed by atoms with E-state index in [0.717, 1.165) is 6.54 Å². The number of sulfonamides is 1. The van der Waals surface area contributed by atoms with Gasteiger partial charge in [-0.1, -0.05) is 27.7 Å². The second kappa shape index (κ2) is 6.35. The van der Waals surface area contributed by atoms with Gasteiger partial charge in [0.1, 0.15) is 0 Å². The van der Waals surface area contributed by atoms with Crippen LogP contribution in [0.3, 0.4) is 0 Å². The van der Waals surface area contributed by atoms with E-state index in [1.807, 2.05) is 0 Å². The van der Waals surface area contributed by atoms with Crippen molar-refractivity contribution < 1.29 is 8.42 Å². The van der Waals surface area contributed by atoms with Gasteiger partial charge in [-0.2, -0.15) is 0 Å². The van der Waals surface area contributed by atoms with Crippen molar-refractivity contribution in [3.8, 4) is 0 Å². The Hall–Kier alpha value is -0.130. The Balaban J connectivity index is 2.17. The topological polar surface area (TPSA) is 58.2 Å². The third-order valence-corrected chi connectivity index (χ3v) is 5.12. The van der Waals surface area contributed by atoms with Gasteiger partial charge < -0.3 is 5.32 Å². The van der Waals surface area contributed by atoms with Crippen molar-refractivity contribution in [2.75, 3.05) is 18.8 Å². The molecule has 1 aliphatic rings. The van der Waals surface area contributed by atoms with E-state index in [1.54, 1.807) is 0 Å². The van der Waals surface area contributed by atoms with Gasteiger partial charge in [-0.3, -0.25) is 0 Å². The third kappa shape index (κ3) is 6.71. The van der Waals surface area contributed by atoms with E-state index >= 15 is 0 Å². The predicted octanol–water partition coefficient (Wildman–Crippen LogP) is 1.73. The molecule has 1 atom stereocenters. The van der Waals surface area contributed by atoms with E-state index in [0.29, 0.717) is 24.9 Å². The lowest BCUT2D eigenvalue weighted by molar-refractivity contribution is 0.263. The molecule has 0 saturated heterocycles. The summed E-state index contributed by atoms with van der Waals surface area (Å²) in [5.41, 5.74) is 0.135. The lowest BCUT2D eigenvalue weighted by Crippen LogP contribution is -2.35. The van der Waals surface area contributed by atoms with Crippen molar-refractivity contribution in [1.82, 2.24) is 10.0 Å². The number of nitrogens with one attached hydrogen (secondary N) is 2. The third-order valence-electron chi connectivity index (χ3n) is 3.69. The molecule has 0 aromatic heterocycles. The van der Waals surface area contributed by atoms with Gasteiger partial charge in [0.05, 0.1) is 5.75 Å². The first-order valence-corrected chi connectivity index (χ1v) is 8.56. The summed E-state index contributed by atoms with van der Waals surface area (Å²) >= 11 is 0. The fraction of sp³-hybridized carbons (Fsp3) is 1.00. The highest BCUT2D eigenvalue weighted by molar-refractivity contribution is 7.89. The van der Waals surface area contributed by atoms with Crippen LogP contribution in [-0.2, 0) is 10.0 Å². The maximum Gasteiger partial charge on any atom is 0.211 e. The lowest BCUT2D eigenvalue weighted by Gasteiger charge is -2.27. The summed E-state index contributed by atoms with van der Waals surface area (Å²) in [5, 5.41) is 3.33. The smallest absolute Gasteiger partial charge is 0.211 e. The van der Waals surface area contributed by atoms with Crippen LogP contribution < -0.4 is 10.0 Å². The summed E-state index contributed by atoms with van der Waals surface area (Å²) in [5.74, 6) is 0.556. The summed E-state index contributed by atoms with van der Waals surface area (Å²) in [7, 11) is -3.10. The van der Waals surface area contributed by atoms with Gasteiger partial charge in [-0.05, 0) is 37.1 Å². The van der Waals surface area contributed by atoms with Crippen LogP contribution in [-0.4, -0.2) is 33.3 Å². The maximum absolute atomic E-state index is 11.8. The molecule has 18 heavy (non-hydrogen) atoms. The van der Waals surface area contributed by atoms with Crippen LogP contribution in [0.5, 0.6) is 0 Å². The van der Waals surface area contributed by atoms with E-state index < -0.39 is 10.0 Å². The summed E-state index contributed by atoms with van der Waals surface area (Å²) in [6.07, 6.45) is 3.18. The van der Waals surface area contributed by atoms with Gasteiger partial charge in [0.25, 0.3) is 0 Å². The molecule has 1 rings (SSSR count). The van der Waals surface area contributed by atoms with Crippen LogP contribution >= 0.6 is 0 Å². The molecule has 4 nitrogen and oxygen atoms in total. The molecule has 0 aromatic rings. The summed E-state index contributed by atoms with van der Waals surface area (Å²) < 4.78 is 26.3. The van der Waals surface area contributed by atoms with E-state index in [-0.39, 0.29) is 11.2 Å². The van der Waals surface area contributed by atoms with Gasteiger partial charge in [0.15, 0.2) is 0 Å². The van der Waals surface area contributed by atoms with Crippen LogP contribution in [0.15, 0.2) is 0 Å². The van der Waals surface area contributed by atoms with E-state index in [4.69, 9.17) is 0 Å². The van der Waals surface area contributed by atoms with E-state index in [2.05, 4.69) is 37.7 Å². The minimum Gasteiger partial charge on any atom is -0.314 e. The first kappa shape index (κ1) is 15.9. The first-order chi connectivity index (χ1) is 8.21. The summed E-state index contributed by atoms with van der Waals surface area (Å²) in [6, 6.07) is 0.654. The summed E-state index contributed by atoms with van der Waals surface area (Å²) in [4.78, 5) is 0. The summed E-state index contributed by atoms with van der Waals surface area (Å²) in [6.45, 7) is 9.81. The normalized spacial score (nSPS) is 18.9. The van der Waals surface area contributed by atoms with Crippen molar-refractivity contribution >= 4 is 10.0 Å². The molecule has 1 fully saturated rings. The van der Waals surface area contributed by atoms with Crippen molar-refractivity contribution in [2.45, 2.75) is 53.0 Å². The average molecular weight is 276 g/mol. The molecule has 0 aliphatic heterocycles. The lowest BCUT2D eigenvalue weighted by atomic mass is 9.82. The second-order valence-electron chi connectivity index (χ2n) is 6.52. The minimum absolute atomic E-state index is 0.135. The molecule has 5 heteroatoms. The van der Waals surface area contributed by atoms with Gasteiger partial charge >= 0.3 is 0 Å². The Bertz CT molecular complexity index is 342. The van der Waals surface area contributed by atoms with Gasteiger partial charge in [0, 0.05) is 12.6 Å². The Kier molecular flexibility index (Phi) is 5.62. The highest BCUT2D eigenvalue weighted by Gasteiger charge is 2.22. The number of rotatable bonds is 8. The van der Waals surface area contributed by atoms with Crippen LogP contribution in [0.4, 0.5) is 0 Å². The number of hydrogen-bond donors (Lipinski definition) is 2. The van der Waals surface area contributed by atoms with Crippen LogP contribution in [0.2, 0.25) is 0 Å². The minimum atomic E-state index is -3.10. The van der Waals surface area contributed by atoms with Crippen molar-refractivity contribution in [1.29, 1.82) is 0 Å². The molecule has 0 bridgehead atoms. The zero-order valence-electron chi connectivity index (χ0n) is 12.1. The van der Waals surface area contributed by atoms with E-state index in [9.17, 15) is 8.42 Å². The Morgan fingerprint density at radius 2 is 1.89 bits per heavy atom. The molecule has 1 saturated carbocycles. The largest absolute Gasteiger partial charge is 0.314 e. The van der Waals surface area contributed by atoms with Gasteiger partial charge in [-0.25, -0.2) is 13.1 Å². The second-order valence-corrected chi connectivity index (χ2v) is 8.44. The molecular weight excluding hydrogens is 248 g/mol. The molecule has 1 unspecified atom stereocenters. The molecule has 0 aromatic carbocycles. The quantitative estimate of drug-likeness (QED) is 0.664. The average Bonchev–Trinajstić information content (AvgIpc) is 3.03. The van der Waals surface area contributed by atoms with Crippen LogP contribution in [0, 0.1) is 11.3 Å². The number of hydrogen-bond acceptors (Lipinski definition) is 3. The van der Waals surface area contributed by atoms with Crippen LogP contribution in [0.25, 0.3) is 0 Å². The van der Waals surface area contributed by atoms with Crippen molar-refractivity contribution in [3.63, 3.8) is 0 Å². The molecule has 108 valence electrons. The monoisotopic (exact) mass is 276 g/mol. The molecule has 0 radical (unpaired) electrons. The molecule has 2 N–H and O–H groups in total. The highest BCUT2D eigenvalue weighted by atomic mass is 32.2. The predicted molar refractivity (Wildman–Crippen MR) is 76.1 cm³/mol. The molecule has 1 aliphatic carbocycles. The Morgan fingerprint density at radius 1 is 1.28 bits per heavy atom. The van der Waals surface area contributed by atoms with Crippen molar-refractivity contribution in [2.24, 2.45) is 11.3 Å². The zero-order chi connectivity index (χ0) is 13.8. The fourth-order valence-electron chi connectivity index (χ4n) is 1.49. The first-order valence-electron chi connectivity index (χ1n) is 6.91.